The summed E-state index contributed by atoms with van der Waals surface area (Å²) in [6.45, 7) is 2.16. The van der Waals surface area contributed by atoms with Crippen molar-refractivity contribution in [2.45, 2.75) is 30.7 Å². The highest BCUT2D eigenvalue weighted by atomic mass is 32.2. The molecule has 6 heteroatoms. The summed E-state index contributed by atoms with van der Waals surface area (Å²) in [5.41, 5.74) is 7.23. The highest BCUT2D eigenvalue weighted by Crippen LogP contribution is 2.38. The summed E-state index contributed by atoms with van der Waals surface area (Å²) < 4.78 is 25.7. The van der Waals surface area contributed by atoms with E-state index in [1.807, 2.05) is 13.1 Å². The Kier molecular flexibility index (Phi) is 3.97. The highest BCUT2D eigenvalue weighted by Gasteiger charge is 2.32. The van der Waals surface area contributed by atoms with E-state index in [0.717, 1.165) is 5.69 Å². The molecule has 0 bridgehead atoms. The van der Waals surface area contributed by atoms with Crippen LogP contribution >= 0.6 is 0 Å². The van der Waals surface area contributed by atoms with Gasteiger partial charge in [0, 0.05) is 27.2 Å². The summed E-state index contributed by atoms with van der Waals surface area (Å²) in [7, 11) is 1.48. The number of nitrogens with two attached hydrogens (primary N) is 1. The average Bonchev–Trinajstić information content (AvgIpc) is 3.21. The van der Waals surface area contributed by atoms with Crippen LogP contribution in [0.5, 0.6) is 0 Å². The molecule has 2 N–H and O–H groups in total. The summed E-state index contributed by atoms with van der Waals surface area (Å²) in [4.78, 5) is 2.26. The van der Waals surface area contributed by atoms with Gasteiger partial charge in [-0.15, -0.1) is 0 Å². The highest BCUT2D eigenvalue weighted by molar-refractivity contribution is 7.89. The average molecular weight is 297 g/mol. The molecule has 2 rings (SSSR count). The SMILES string of the molecule is CC(C1CC1)N(C)c1cccc(S(=O)(=O)N(C)C)c1N. The van der Waals surface area contributed by atoms with Crippen LogP contribution in [0.2, 0.25) is 0 Å². The second-order valence-corrected chi connectivity index (χ2v) is 7.79. The maximum Gasteiger partial charge on any atom is 0.244 e. The summed E-state index contributed by atoms with van der Waals surface area (Å²) in [6, 6.07) is 5.56. The van der Waals surface area contributed by atoms with Gasteiger partial charge in [0.15, 0.2) is 0 Å². The number of rotatable bonds is 5. The molecule has 1 aromatic rings. The molecule has 0 spiro atoms. The van der Waals surface area contributed by atoms with Crippen LogP contribution in [0.25, 0.3) is 0 Å². The minimum Gasteiger partial charge on any atom is -0.396 e. The van der Waals surface area contributed by atoms with Crippen LogP contribution in [0.3, 0.4) is 0 Å². The fourth-order valence-corrected chi connectivity index (χ4v) is 3.40. The maximum atomic E-state index is 12.3. The monoisotopic (exact) mass is 297 g/mol. The molecule has 1 aliphatic carbocycles. The van der Waals surface area contributed by atoms with E-state index < -0.39 is 10.0 Å². The maximum absolute atomic E-state index is 12.3. The Morgan fingerprint density at radius 1 is 1.25 bits per heavy atom. The molecule has 1 aromatic carbocycles. The lowest BCUT2D eigenvalue weighted by Gasteiger charge is -2.29. The molecular weight excluding hydrogens is 274 g/mol. The molecule has 0 aliphatic heterocycles. The number of sulfonamides is 1. The van der Waals surface area contributed by atoms with E-state index in [1.54, 1.807) is 12.1 Å². The first-order valence-corrected chi connectivity index (χ1v) is 8.24. The van der Waals surface area contributed by atoms with Gasteiger partial charge in [-0.25, -0.2) is 12.7 Å². The summed E-state index contributed by atoms with van der Waals surface area (Å²) >= 11 is 0. The van der Waals surface area contributed by atoms with Gasteiger partial charge in [0.25, 0.3) is 0 Å². The van der Waals surface area contributed by atoms with Crippen molar-refractivity contribution in [3.63, 3.8) is 0 Å². The Morgan fingerprint density at radius 2 is 1.85 bits per heavy atom. The molecule has 20 heavy (non-hydrogen) atoms. The molecule has 1 aliphatic rings. The van der Waals surface area contributed by atoms with Crippen molar-refractivity contribution in [3.05, 3.63) is 18.2 Å². The molecule has 0 saturated heterocycles. The van der Waals surface area contributed by atoms with Gasteiger partial charge in [-0.3, -0.25) is 0 Å². The third kappa shape index (κ3) is 2.62. The van der Waals surface area contributed by atoms with E-state index in [2.05, 4.69) is 11.8 Å². The zero-order valence-electron chi connectivity index (χ0n) is 12.5. The lowest BCUT2D eigenvalue weighted by molar-refractivity contribution is 0.521. The fraction of sp³-hybridized carbons (Fsp3) is 0.571. The molecule has 1 atom stereocenters. The molecule has 1 saturated carbocycles. The fourth-order valence-electron chi connectivity index (χ4n) is 2.38. The molecule has 1 unspecified atom stereocenters. The molecule has 0 radical (unpaired) electrons. The lowest BCUT2D eigenvalue weighted by atomic mass is 10.1. The Balaban J connectivity index is 2.42. The van der Waals surface area contributed by atoms with Gasteiger partial charge in [-0.1, -0.05) is 6.07 Å². The van der Waals surface area contributed by atoms with Crippen molar-refractivity contribution in [2.75, 3.05) is 31.8 Å². The third-order valence-corrected chi connectivity index (χ3v) is 5.97. The van der Waals surface area contributed by atoms with E-state index >= 15 is 0 Å². The van der Waals surface area contributed by atoms with Crippen molar-refractivity contribution < 1.29 is 8.42 Å². The van der Waals surface area contributed by atoms with Crippen LogP contribution < -0.4 is 10.6 Å². The number of benzene rings is 1. The second kappa shape index (κ2) is 5.26. The summed E-state index contributed by atoms with van der Waals surface area (Å²) in [6.07, 6.45) is 2.47. The minimum absolute atomic E-state index is 0.176. The van der Waals surface area contributed by atoms with Crippen molar-refractivity contribution in [2.24, 2.45) is 5.92 Å². The first-order chi connectivity index (χ1) is 9.26. The van der Waals surface area contributed by atoms with Crippen LogP contribution in [0.15, 0.2) is 23.1 Å². The van der Waals surface area contributed by atoms with Crippen LogP contribution in [0.4, 0.5) is 11.4 Å². The predicted octanol–water partition coefficient (Wildman–Crippen LogP) is 1.75. The van der Waals surface area contributed by atoms with Gasteiger partial charge in [0.1, 0.15) is 4.90 Å². The normalized spacial score (nSPS) is 17.2. The third-order valence-electron chi connectivity index (χ3n) is 4.10. The zero-order valence-corrected chi connectivity index (χ0v) is 13.3. The molecule has 112 valence electrons. The second-order valence-electron chi connectivity index (χ2n) is 5.67. The molecule has 0 heterocycles. The molecule has 5 nitrogen and oxygen atoms in total. The van der Waals surface area contributed by atoms with Gasteiger partial charge in [-0.2, -0.15) is 0 Å². The van der Waals surface area contributed by atoms with E-state index in [4.69, 9.17) is 5.73 Å². The van der Waals surface area contributed by atoms with Gasteiger partial charge in [0.05, 0.1) is 11.4 Å². The Labute approximate surface area is 121 Å². The first-order valence-electron chi connectivity index (χ1n) is 6.80. The molecule has 0 amide bonds. The van der Waals surface area contributed by atoms with E-state index in [-0.39, 0.29) is 4.90 Å². The predicted molar refractivity (Wildman–Crippen MR) is 82.3 cm³/mol. The summed E-state index contributed by atoms with van der Waals surface area (Å²) in [5.74, 6) is 0.688. The number of nitrogen functional groups attached to an aromatic ring is 1. The van der Waals surface area contributed by atoms with Gasteiger partial charge >= 0.3 is 0 Å². The first kappa shape index (κ1) is 15.1. The number of hydrogen-bond acceptors (Lipinski definition) is 4. The Hall–Kier alpha value is -1.27. The number of hydrogen-bond donors (Lipinski definition) is 1. The zero-order chi connectivity index (χ0) is 15.1. The molecule has 0 aromatic heterocycles. The quantitative estimate of drug-likeness (QED) is 0.841. The largest absolute Gasteiger partial charge is 0.396 e. The van der Waals surface area contributed by atoms with Crippen LogP contribution in [0.1, 0.15) is 19.8 Å². The van der Waals surface area contributed by atoms with Crippen LogP contribution in [0, 0.1) is 5.92 Å². The van der Waals surface area contributed by atoms with Crippen molar-refractivity contribution in [3.8, 4) is 0 Å². The van der Waals surface area contributed by atoms with Crippen molar-refractivity contribution >= 4 is 21.4 Å². The lowest BCUT2D eigenvalue weighted by Crippen LogP contribution is -2.32. The van der Waals surface area contributed by atoms with Gasteiger partial charge in [0.2, 0.25) is 10.0 Å². The molecule has 1 fully saturated rings. The number of para-hydroxylation sites is 1. The smallest absolute Gasteiger partial charge is 0.244 e. The van der Waals surface area contributed by atoms with Crippen LogP contribution in [-0.2, 0) is 10.0 Å². The topological polar surface area (TPSA) is 66.6 Å². The van der Waals surface area contributed by atoms with Gasteiger partial charge < -0.3 is 10.6 Å². The van der Waals surface area contributed by atoms with E-state index in [1.165, 1.54) is 31.2 Å². The number of anilines is 2. The van der Waals surface area contributed by atoms with Crippen LogP contribution in [-0.4, -0.2) is 39.9 Å². The Bertz CT molecular complexity index is 594. The van der Waals surface area contributed by atoms with Gasteiger partial charge in [-0.05, 0) is 37.8 Å². The van der Waals surface area contributed by atoms with Crippen molar-refractivity contribution in [1.29, 1.82) is 0 Å². The van der Waals surface area contributed by atoms with E-state index in [0.29, 0.717) is 17.6 Å². The standard InChI is InChI=1S/C14H23N3O2S/c1-10(11-8-9-11)17(4)12-6-5-7-13(14(12)15)20(18,19)16(2)3/h5-7,10-11H,8-9,15H2,1-4H3. The number of nitrogens with zero attached hydrogens (tertiary/aromatic N) is 2. The molecular formula is C14H23N3O2S. The summed E-state index contributed by atoms with van der Waals surface area (Å²) in [5, 5.41) is 0. The minimum atomic E-state index is -3.51. The Morgan fingerprint density at radius 3 is 2.35 bits per heavy atom. The van der Waals surface area contributed by atoms with Crippen molar-refractivity contribution in [1.82, 2.24) is 4.31 Å². The van der Waals surface area contributed by atoms with E-state index in [9.17, 15) is 8.42 Å².